The number of benzene rings is 4. The van der Waals surface area contributed by atoms with Gasteiger partial charge in [0.1, 0.15) is 11.6 Å². The molecule has 198 valence electrons. The predicted octanol–water partition coefficient (Wildman–Crippen LogP) is 7.71. The molecule has 2 N–H and O–H groups in total. The van der Waals surface area contributed by atoms with Crippen LogP contribution in [0.15, 0.2) is 91.1 Å². The van der Waals surface area contributed by atoms with Gasteiger partial charge in [-0.25, -0.2) is 4.98 Å². The lowest BCUT2D eigenvalue weighted by Crippen LogP contribution is -2.30. The highest BCUT2D eigenvalue weighted by atomic mass is 16.1. The summed E-state index contributed by atoms with van der Waals surface area (Å²) in [5.41, 5.74) is 2.98. The number of amides is 1. The fraction of sp³-hybridized carbons (Fsp3) is 0.265. The highest BCUT2D eigenvalue weighted by molar-refractivity contribution is 5.87. The van der Waals surface area contributed by atoms with Crippen LogP contribution in [-0.2, 0) is 16.0 Å². The maximum atomic E-state index is 13.2. The van der Waals surface area contributed by atoms with Crippen molar-refractivity contribution in [2.75, 3.05) is 0 Å². The number of carbonyl (C=O) groups is 2. The molecule has 1 atom stereocenters. The number of nitrogens with zero attached hydrogens (tertiary/aromatic N) is 1. The van der Waals surface area contributed by atoms with Gasteiger partial charge in [-0.3, -0.25) is 9.59 Å². The molecule has 5 aromatic rings. The molecule has 39 heavy (non-hydrogen) atoms. The molecule has 1 heterocycles. The van der Waals surface area contributed by atoms with E-state index in [9.17, 15) is 9.59 Å². The number of rotatable bonds is 12. The van der Waals surface area contributed by atoms with Gasteiger partial charge in [0.15, 0.2) is 0 Å². The van der Waals surface area contributed by atoms with Crippen LogP contribution in [0.4, 0.5) is 0 Å². The molecule has 5 nitrogen and oxygen atoms in total. The maximum Gasteiger partial charge on any atom is 0.225 e. The smallest absolute Gasteiger partial charge is 0.225 e. The lowest BCUT2D eigenvalue weighted by molar-refractivity contribution is -0.121. The summed E-state index contributed by atoms with van der Waals surface area (Å²) in [4.78, 5) is 33.0. The van der Waals surface area contributed by atoms with Gasteiger partial charge in [0, 0.05) is 18.4 Å². The van der Waals surface area contributed by atoms with Crippen molar-refractivity contribution >= 4 is 33.2 Å². The molecule has 5 rings (SSSR count). The highest BCUT2D eigenvalue weighted by Gasteiger charge is 2.19. The molecule has 0 aliphatic rings. The van der Waals surface area contributed by atoms with E-state index in [0.717, 1.165) is 59.1 Å². The number of ketones is 1. The summed E-state index contributed by atoms with van der Waals surface area (Å²) in [6, 6.07) is 28.8. The van der Waals surface area contributed by atoms with Crippen LogP contribution in [0.5, 0.6) is 0 Å². The van der Waals surface area contributed by atoms with E-state index in [0.29, 0.717) is 25.0 Å². The second kappa shape index (κ2) is 12.5. The summed E-state index contributed by atoms with van der Waals surface area (Å²) < 4.78 is 0. The zero-order valence-electron chi connectivity index (χ0n) is 22.5. The fourth-order valence-corrected chi connectivity index (χ4v) is 5.10. The molecule has 0 aliphatic carbocycles. The van der Waals surface area contributed by atoms with E-state index in [4.69, 9.17) is 0 Å². The van der Waals surface area contributed by atoms with Crippen LogP contribution in [0, 0.1) is 0 Å². The van der Waals surface area contributed by atoms with E-state index >= 15 is 0 Å². The monoisotopic (exact) mass is 517 g/mol. The minimum atomic E-state index is -0.228. The number of hydrogen-bond acceptors (Lipinski definition) is 3. The quantitative estimate of drug-likeness (QED) is 0.166. The van der Waals surface area contributed by atoms with Gasteiger partial charge in [0.05, 0.1) is 24.4 Å². The number of nitrogens with one attached hydrogen (secondary N) is 2. The topological polar surface area (TPSA) is 74.8 Å². The normalized spacial score (nSPS) is 12.0. The standard InChI is InChI=1S/C34H35N3O2/c1-2-30(38)14-4-3-5-15-31(36-33(39)21-24-16-17-25-10-6-8-12-27(25)20-24)34-35-23-32(37-34)29-19-18-26-11-7-9-13-28(26)22-29/h6-13,16-20,22-23,31H,2-5,14-15,21H2,1H3,(H,35,37)(H,36,39)/t31-/m0/s1. The minimum Gasteiger partial charge on any atom is -0.346 e. The molecule has 0 spiro atoms. The zero-order valence-corrected chi connectivity index (χ0v) is 22.5. The number of fused-ring (bicyclic) bond motifs is 2. The third-order valence-corrected chi connectivity index (χ3v) is 7.34. The highest BCUT2D eigenvalue weighted by Crippen LogP contribution is 2.26. The first-order chi connectivity index (χ1) is 19.1. The lowest BCUT2D eigenvalue weighted by Gasteiger charge is -2.17. The number of unbranched alkanes of at least 4 members (excludes halogenated alkanes) is 2. The number of hydrogen-bond donors (Lipinski definition) is 2. The Kier molecular flexibility index (Phi) is 8.47. The third-order valence-electron chi connectivity index (χ3n) is 7.34. The molecule has 1 aromatic heterocycles. The fourth-order valence-electron chi connectivity index (χ4n) is 5.10. The van der Waals surface area contributed by atoms with Crippen molar-refractivity contribution in [2.45, 2.75) is 57.9 Å². The Morgan fingerprint density at radius 2 is 1.51 bits per heavy atom. The molecule has 1 amide bonds. The van der Waals surface area contributed by atoms with E-state index in [2.05, 4.69) is 69.9 Å². The maximum absolute atomic E-state index is 13.2. The molecule has 0 unspecified atom stereocenters. The second-order valence-corrected chi connectivity index (χ2v) is 10.2. The summed E-state index contributed by atoms with van der Waals surface area (Å²) in [5.74, 6) is 1.04. The van der Waals surface area contributed by atoms with Crippen molar-refractivity contribution in [1.82, 2.24) is 15.3 Å². The number of imidazole rings is 1. The summed E-state index contributed by atoms with van der Waals surface area (Å²) in [7, 11) is 0. The second-order valence-electron chi connectivity index (χ2n) is 10.2. The minimum absolute atomic E-state index is 0.0277. The molecule has 0 bridgehead atoms. The Balaban J connectivity index is 1.30. The van der Waals surface area contributed by atoms with Crippen molar-refractivity contribution in [3.05, 3.63) is 103 Å². The summed E-state index contributed by atoms with van der Waals surface area (Å²) in [6.07, 6.45) is 6.87. The molecule has 0 fully saturated rings. The first-order valence-electron chi connectivity index (χ1n) is 13.9. The molecular formula is C34H35N3O2. The Bertz CT molecular complexity index is 1590. The van der Waals surface area contributed by atoms with Crippen LogP contribution in [0.25, 0.3) is 32.8 Å². The molecular weight excluding hydrogens is 482 g/mol. The van der Waals surface area contributed by atoms with Gasteiger partial charge in [0.2, 0.25) is 5.91 Å². The van der Waals surface area contributed by atoms with E-state index in [1.54, 1.807) is 0 Å². The number of aromatic nitrogens is 2. The Morgan fingerprint density at radius 1 is 0.821 bits per heavy atom. The number of H-pyrrole nitrogens is 1. The molecule has 5 heteroatoms. The average molecular weight is 518 g/mol. The molecule has 4 aromatic carbocycles. The SMILES string of the molecule is CCC(=O)CCCCC[C@H](NC(=O)Cc1ccc2ccccc2c1)c1ncc(-c2ccc3ccccc3c2)[nH]1. The third kappa shape index (κ3) is 6.80. The van der Waals surface area contributed by atoms with Crippen LogP contribution in [0.2, 0.25) is 0 Å². The van der Waals surface area contributed by atoms with Crippen molar-refractivity contribution in [1.29, 1.82) is 0 Å². The zero-order chi connectivity index (χ0) is 27.0. The number of aromatic amines is 1. The van der Waals surface area contributed by atoms with Crippen LogP contribution >= 0.6 is 0 Å². The van der Waals surface area contributed by atoms with Crippen LogP contribution < -0.4 is 5.32 Å². The molecule has 0 saturated heterocycles. The number of carbonyl (C=O) groups excluding carboxylic acids is 2. The first-order valence-corrected chi connectivity index (χ1v) is 13.9. The van der Waals surface area contributed by atoms with Gasteiger partial charge in [-0.2, -0.15) is 0 Å². The molecule has 0 aliphatic heterocycles. The summed E-state index contributed by atoms with van der Waals surface area (Å²) >= 11 is 0. The number of Topliss-reactive ketones (excluding diaryl/α,β-unsaturated/α-hetero) is 1. The predicted molar refractivity (Wildman–Crippen MR) is 158 cm³/mol. The van der Waals surface area contributed by atoms with Crippen molar-refractivity contribution in [2.24, 2.45) is 0 Å². The van der Waals surface area contributed by atoms with Gasteiger partial charge in [-0.05, 0) is 46.0 Å². The van der Waals surface area contributed by atoms with Crippen molar-refractivity contribution < 1.29 is 9.59 Å². The van der Waals surface area contributed by atoms with Crippen LogP contribution in [0.3, 0.4) is 0 Å². The Morgan fingerprint density at radius 3 is 2.26 bits per heavy atom. The van der Waals surface area contributed by atoms with E-state index in [-0.39, 0.29) is 11.9 Å². The van der Waals surface area contributed by atoms with Crippen molar-refractivity contribution in [3.63, 3.8) is 0 Å². The first kappa shape index (κ1) is 26.4. The summed E-state index contributed by atoms with van der Waals surface area (Å²) in [6.45, 7) is 1.91. The van der Waals surface area contributed by atoms with E-state index in [1.165, 1.54) is 10.8 Å². The van der Waals surface area contributed by atoms with Crippen molar-refractivity contribution in [3.8, 4) is 11.3 Å². The van der Waals surface area contributed by atoms with E-state index < -0.39 is 0 Å². The van der Waals surface area contributed by atoms with Gasteiger partial charge in [-0.1, -0.05) is 98.6 Å². The Hall–Kier alpha value is -4.25. The van der Waals surface area contributed by atoms with Crippen LogP contribution in [0.1, 0.15) is 62.9 Å². The average Bonchev–Trinajstić information content (AvgIpc) is 3.46. The van der Waals surface area contributed by atoms with E-state index in [1.807, 2.05) is 43.5 Å². The van der Waals surface area contributed by atoms with Gasteiger partial charge in [-0.15, -0.1) is 0 Å². The lowest BCUT2D eigenvalue weighted by atomic mass is 10.0. The molecule has 0 radical (unpaired) electrons. The molecule has 0 saturated carbocycles. The largest absolute Gasteiger partial charge is 0.346 e. The van der Waals surface area contributed by atoms with Gasteiger partial charge < -0.3 is 10.3 Å². The van der Waals surface area contributed by atoms with Gasteiger partial charge in [0.25, 0.3) is 0 Å². The van der Waals surface area contributed by atoms with Gasteiger partial charge >= 0.3 is 0 Å². The Labute approximate surface area is 229 Å². The summed E-state index contributed by atoms with van der Waals surface area (Å²) in [5, 5.41) is 7.90. The van der Waals surface area contributed by atoms with Crippen LogP contribution in [-0.4, -0.2) is 21.7 Å².